The Hall–Kier alpha value is -6.71. The summed E-state index contributed by atoms with van der Waals surface area (Å²) in [6.07, 6.45) is 15.3. The first-order valence-corrected chi connectivity index (χ1v) is 29.3. The number of aromatic nitrogens is 2. The van der Waals surface area contributed by atoms with Crippen LogP contribution < -0.4 is 26.0 Å². The first-order valence-electron chi connectivity index (χ1n) is 26.1. The van der Waals surface area contributed by atoms with Crippen molar-refractivity contribution in [1.82, 2.24) is 14.9 Å². The van der Waals surface area contributed by atoms with Gasteiger partial charge in [-0.3, -0.25) is 33.0 Å². The lowest BCUT2D eigenvalue weighted by atomic mass is 9.81. The van der Waals surface area contributed by atoms with Crippen LogP contribution >= 0.6 is 20.6 Å². The van der Waals surface area contributed by atoms with Crippen LogP contribution in [0.5, 0.6) is 5.75 Å². The second kappa shape index (κ2) is 26.3. The minimum absolute atomic E-state index is 0.0204. The molecule has 0 saturated carbocycles. The predicted molar refractivity (Wildman–Crippen MR) is 297 cm³/mol. The zero-order valence-electron chi connectivity index (χ0n) is 44.5. The van der Waals surface area contributed by atoms with Gasteiger partial charge in [-0.05, 0) is 106 Å². The monoisotopic (exact) mass is 1160 g/mol. The van der Waals surface area contributed by atoms with E-state index < -0.39 is 65.1 Å². The summed E-state index contributed by atoms with van der Waals surface area (Å²) in [5.74, 6) is 4.33. The van der Waals surface area contributed by atoms with Crippen molar-refractivity contribution >= 4 is 65.7 Å². The van der Waals surface area contributed by atoms with E-state index in [-0.39, 0.29) is 42.4 Å². The summed E-state index contributed by atoms with van der Waals surface area (Å²) in [5, 5.41) is 24.6. The van der Waals surface area contributed by atoms with E-state index in [0.717, 1.165) is 63.7 Å². The van der Waals surface area contributed by atoms with Crippen LogP contribution in [0.2, 0.25) is 0 Å². The standard InChI is InChI=1S/C56H62N5O16PS2/c1-55(2)42-33-39(79-77-76-68)25-27-44(42)59(47(55)20-8-5-9-21-48-56(3,4)43-34-40(80(69,70)71)26-28-45(43)60(48)32-15-7-11-23-51(63)64)31-14-6-10-22-49(62)57-30-16-17-37-35-61(54(67)58-52(37)65)50-29-24-38(73-50)36-72-78-74-46-19-13-12-18-41(46)53(66)75-78/h5,8-9,12-13,18-21,25-28,33-35,38,50H,6-7,10-11,14-15,22-24,29-32,36H2,1-4H3,(H4-,57,58,62,63,64,65,67,68,69,70,71)/p+1/t38-,50+,78?/m0/s1. The zero-order valence-corrected chi connectivity index (χ0v) is 47.1. The molecule has 1 aromatic heterocycles. The highest BCUT2D eigenvalue weighted by atomic mass is 32.2. The van der Waals surface area contributed by atoms with Gasteiger partial charge < -0.3 is 29.1 Å². The van der Waals surface area contributed by atoms with Crippen molar-refractivity contribution < 1.29 is 70.0 Å². The quantitative estimate of drug-likeness (QED) is 0.00504. The molecule has 8 rings (SSSR count). The fraction of sp³-hybridized carbons (Fsp3) is 0.393. The largest absolute Gasteiger partial charge is 0.481 e. The molecule has 424 valence electrons. The van der Waals surface area contributed by atoms with Crippen LogP contribution in [0.3, 0.4) is 0 Å². The number of fused-ring (bicyclic) bond motifs is 3. The molecule has 24 heteroatoms. The Balaban J connectivity index is 0.864. The molecule has 3 aromatic carbocycles. The van der Waals surface area contributed by atoms with E-state index in [9.17, 15) is 36.9 Å². The molecular weight excluding hydrogens is 1090 g/mol. The Morgan fingerprint density at radius 2 is 1.73 bits per heavy atom. The third-order valence-electron chi connectivity index (χ3n) is 14.2. The summed E-state index contributed by atoms with van der Waals surface area (Å²) in [6, 6.07) is 17.1. The fourth-order valence-electron chi connectivity index (χ4n) is 10.2. The number of carboxylic acids is 1. The summed E-state index contributed by atoms with van der Waals surface area (Å²) >= 11 is 0.875. The van der Waals surface area contributed by atoms with E-state index in [1.807, 2.05) is 56.4 Å². The maximum atomic E-state index is 12.9. The Morgan fingerprint density at radius 3 is 2.51 bits per heavy atom. The van der Waals surface area contributed by atoms with Crippen molar-refractivity contribution in [2.75, 3.05) is 31.1 Å². The van der Waals surface area contributed by atoms with Gasteiger partial charge in [0, 0.05) is 71.4 Å². The molecule has 0 spiro atoms. The van der Waals surface area contributed by atoms with Crippen molar-refractivity contribution in [3.63, 3.8) is 0 Å². The van der Waals surface area contributed by atoms with Crippen molar-refractivity contribution in [2.45, 2.75) is 125 Å². The molecule has 5 N–H and O–H groups in total. The number of nitrogens with one attached hydrogen (secondary N) is 2. The summed E-state index contributed by atoms with van der Waals surface area (Å²) in [6.45, 7) is 9.46. The summed E-state index contributed by atoms with van der Waals surface area (Å²) in [7, 11) is -6.43. The van der Waals surface area contributed by atoms with E-state index in [0.29, 0.717) is 62.9 Å². The highest BCUT2D eigenvalue weighted by Crippen LogP contribution is 2.50. The first kappa shape index (κ1) is 59.4. The maximum absolute atomic E-state index is 12.9. The third kappa shape index (κ3) is 14.2. The number of hydrogen-bond donors (Lipinski definition) is 5. The predicted octanol–water partition coefficient (Wildman–Crippen LogP) is 8.93. The van der Waals surface area contributed by atoms with Crippen molar-refractivity contribution in [2.24, 2.45) is 0 Å². The number of benzene rings is 3. The van der Waals surface area contributed by atoms with Gasteiger partial charge in [0.2, 0.25) is 11.6 Å². The van der Waals surface area contributed by atoms with Crippen LogP contribution in [0.4, 0.5) is 11.4 Å². The van der Waals surface area contributed by atoms with E-state index in [2.05, 4.69) is 56.6 Å². The molecule has 1 saturated heterocycles. The Kier molecular flexibility index (Phi) is 19.5. The van der Waals surface area contributed by atoms with Gasteiger partial charge in [0.05, 0.1) is 41.6 Å². The maximum Gasteiger partial charge on any atom is 0.465 e. The Bertz CT molecular complexity index is 3430. The van der Waals surface area contributed by atoms with Crippen molar-refractivity contribution in [3.05, 3.63) is 146 Å². The second-order valence-electron chi connectivity index (χ2n) is 20.4. The highest BCUT2D eigenvalue weighted by Gasteiger charge is 2.45. The molecule has 1 fully saturated rings. The number of ether oxygens (including phenoxy) is 1. The summed E-state index contributed by atoms with van der Waals surface area (Å²) < 4.78 is 65.1. The molecular formula is C56H63N5O16PS2+. The van der Waals surface area contributed by atoms with Gasteiger partial charge in [0.1, 0.15) is 29.6 Å². The number of nitrogens with zero attached hydrogens (tertiary/aromatic N) is 3. The lowest BCUT2D eigenvalue weighted by Gasteiger charge is -2.27. The fourth-order valence-corrected chi connectivity index (χ4v) is 12.1. The average molecular weight is 1160 g/mol. The molecule has 0 bridgehead atoms. The lowest BCUT2D eigenvalue weighted by Crippen LogP contribution is -2.34. The molecule has 5 heterocycles. The average Bonchev–Trinajstić information content (AvgIpc) is 4.26. The number of carboxylic acid groups (broad SMARTS) is 1. The molecule has 3 atom stereocenters. The number of aliphatic carboxylic acids is 1. The van der Waals surface area contributed by atoms with Gasteiger partial charge in [-0.25, -0.2) is 14.8 Å². The minimum atomic E-state index is -4.45. The van der Waals surface area contributed by atoms with E-state index in [4.69, 9.17) is 33.0 Å². The van der Waals surface area contributed by atoms with Crippen LogP contribution in [-0.2, 0) is 53.7 Å². The smallest absolute Gasteiger partial charge is 0.465 e. The molecule has 4 aromatic rings. The number of carbonyl (C=O) groups is 3. The van der Waals surface area contributed by atoms with Crippen molar-refractivity contribution in [1.29, 1.82) is 0 Å². The lowest BCUT2D eigenvalue weighted by molar-refractivity contribution is -0.438. The normalized spacial score (nSPS) is 19.4. The van der Waals surface area contributed by atoms with Crippen LogP contribution in [0.1, 0.15) is 125 Å². The topological polar surface area (TPSA) is 275 Å². The molecule has 80 heavy (non-hydrogen) atoms. The first-order chi connectivity index (χ1) is 38.3. The molecule has 21 nitrogen and oxygen atoms in total. The van der Waals surface area contributed by atoms with Gasteiger partial charge in [-0.2, -0.15) is 13.0 Å². The number of rotatable bonds is 24. The number of anilines is 1. The van der Waals surface area contributed by atoms with Gasteiger partial charge in [-0.1, -0.05) is 67.5 Å². The van der Waals surface area contributed by atoms with Crippen LogP contribution in [0.25, 0.3) is 0 Å². The molecule has 1 unspecified atom stereocenters. The number of para-hydroxylation sites is 1. The number of hydrogen-bond acceptors (Lipinski definition) is 16. The van der Waals surface area contributed by atoms with Crippen LogP contribution in [-0.4, -0.2) is 93.4 Å². The third-order valence-corrected chi connectivity index (χ3v) is 16.7. The number of carbonyl (C=O) groups excluding carboxylic acids is 2. The number of aromatic amines is 1. The molecule has 1 amide bonds. The second-order valence-corrected chi connectivity index (χ2v) is 23.6. The van der Waals surface area contributed by atoms with E-state index in [1.54, 1.807) is 30.3 Å². The molecule has 0 aliphatic carbocycles. The van der Waals surface area contributed by atoms with Gasteiger partial charge >= 0.3 is 26.2 Å². The molecule has 4 aliphatic rings. The molecule has 4 aliphatic heterocycles. The van der Waals surface area contributed by atoms with Gasteiger partial charge in [0.25, 0.3) is 15.7 Å². The number of allylic oxidation sites excluding steroid dienone is 6. The van der Waals surface area contributed by atoms with Crippen LogP contribution in [0, 0.1) is 11.8 Å². The zero-order chi connectivity index (χ0) is 57.2. The van der Waals surface area contributed by atoms with Crippen LogP contribution in [0.15, 0.2) is 122 Å². The SMILES string of the molecule is CC1(C)C(=CC=CC=CC2=[N+](CCCCCC(=O)NCC#Cc3cn([C@H]4CC[C@@H](COP5OC(=O)c6ccccc6O5)O4)c(=O)[nH]c3=O)c3ccc(SOOO)cc3C2(C)C)N(CCCCCC(=O)O)c2ccc(S(=O)(=O)O)cc21. The summed E-state index contributed by atoms with van der Waals surface area (Å²) in [4.78, 5) is 66.8. The van der Waals surface area contributed by atoms with Gasteiger partial charge in [-0.15, -0.1) is 4.33 Å². The van der Waals surface area contributed by atoms with E-state index in [1.165, 1.54) is 22.9 Å². The highest BCUT2D eigenvalue weighted by molar-refractivity contribution is 7.94. The molecule has 0 radical (unpaired) electrons. The van der Waals surface area contributed by atoms with Gasteiger partial charge in [0.15, 0.2) is 5.71 Å². The minimum Gasteiger partial charge on any atom is -0.481 e. The summed E-state index contributed by atoms with van der Waals surface area (Å²) in [5.41, 5.74) is 3.38. The Morgan fingerprint density at radius 1 is 0.938 bits per heavy atom. The van der Waals surface area contributed by atoms with E-state index >= 15 is 0 Å². The number of H-pyrrole nitrogens is 1. The number of unbranched alkanes of at least 4 members (excludes halogenated alkanes) is 4. The number of amides is 1. The van der Waals surface area contributed by atoms with Crippen molar-refractivity contribution in [3.8, 4) is 17.6 Å². The Labute approximate surface area is 468 Å².